The van der Waals surface area contributed by atoms with E-state index in [1.807, 2.05) is 6.92 Å². The van der Waals surface area contributed by atoms with Gasteiger partial charge < -0.3 is 9.13 Å². The first-order chi connectivity index (χ1) is 8.83. The lowest BCUT2D eigenvalue weighted by Crippen LogP contribution is -2.01. The summed E-state index contributed by atoms with van der Waals surface area (Å²) in [6, 6.07) is 0. The van der Waals surface area contributed by atoms with Crippen molar-refractivity contribution < 1.29 is 9.13 Å². The van der Waals surface area contributed by atoms with Crippen LogP contribution in [0.4, 0.5) is 0 Å². The van der Waals surface area contributed by atoms with Gasteiger partial charge in [0.1, 0.15) is 0 Å². The average Bonchev–Trinajstić information content (AvgIpc) is 2.25. The first-order valence-electron chi connectivity index (χ1n) is 6.06. The topological polar surface area (TPSA) is 34.1 Å². The zero-order chi connectivity index (χ0) is 15.9. The van der Waals surface area contributed by atoms with Crippen LogP contribution in [-0.2, 0) is 21.5 Å². The van der Waals surface area contributed by atoms with Gasteiger partial charge in [-0.3, -0.25) is 0 Å². The average molecular weight is 509 g/mol. The van der Waals surface area contributed by atoms with Crippen molar-refractivity contribution in [2.24, 2.45) is 0 Å². The Labute approximate surface area is 146 Å². The first-order valence-corrected chi connectivity index (χ1v) is 14.0. The van der Waals surface area contributed by atoms with Crippen molar-refractivity contribution in [3.05, 3.63) is 30.1 Å². The van der Waals surface area contributed by atoms with Crippen molar-refractivity contribution in [3.63, 3.8) is 0 Å². The van der Waals surface area contributed by atoms with E-state index in [1.165, 1.54) is 0 Å². The monoisotopic (exact) mass is 506 g/mol. The molecule has 2 nitrogen and oxygen atoms in total. The largest absolute Gasteiger partial charge is 0.324 e. The van der Waals surface area contributed by atoms with Crippen LogP contribution >= 0.6 is 62.1 Å². The SMILES string of the molecule is Cc1c(CP(C)(C)=O)c(Br)c(Br)c(Br)c1CP(C)(C)=O. The van der Waals surface area contributed by atoms with Crippen molar-refractivity contribution in [1.82, 2.24) is 0 Å². The molecule has 7 heteroatoms. The molecule has 1 aromatic rings. The highest BCUT2D eigenvalue weighted by Gasteiger charge is 2.23. The summed E-state index contributed by atoms with van der Waals surface area (Å²) in [5, 5.41) is 0. The minimum absolute atomic E-state index is 0.538. The molecule has 0 aromatic heterocycles. The van der Waals surface area contributed by atoms with Crippen LogP contribution in [0.3, 0.4) is 0 Å². The van der Waals surface area contributed by atoms with Gasteiger partial charge in [-0.25, -0.2) is 0 Å². The molecule has 0 N–H and O–H groups in total. The minimum atomic E-state index is -2.18. The fraction of sp³-hybridized carbons (Fsp3) is 0.538. The van der Waals surface area contributed by atoms with E-state index in [2.05, 4.69) is 47.8 Å². The van der Waals surface area contributed by atoms with Gasteiger partial charge in [0, 0.05) is 25.7 Å². The molecule has 0 fully saturated rings. The summed E-state index contributed by atoms with van der Waals surface area (Å²) in [5.41, 5.74) is 3.15. The summed E-state index contributed by atoms with van der Waals surface area (Å²) in [7, 11) is -4.37. The van der Waals surface area contributed by atoms with Crippen molar-refractivity contribution in [3.8, 4) is 0 Å². The maximum absolute atomic E-state index is 12.2. The van der Waals surface area contributed by atoms with Crippen LogP contribution in [0.15, 0.2) is 13.4 Å². The van der Waals surface area contributed by atoms with E-state index >= 15 is 0 Å². The zero-order valence-corrected chi connectivity index (χ0v) is 18.8. The molecule has 0 bridgehead atoms. The zero-order valence-electron chi connectivity index (χ0n) is 12.3. The maximum atomic E-state index is 12.2. The molecule has 0 saturated heterocycles. The van der Waals surface area contributed by atoms with E-state index in [0.29, 0.717) is 12.3 Å². The van der Waals surface area contributed by atoms with Crippen LogP contribution < -0.4 is 0 Å². The lowest BCUT2D eigenvalue weighted by atomic mass is 10.0. The molecule has 0 heterocycles. The first kappa shape index (κ1) is 19.2. The van der Waals surface area contributed by atoms with E-state index in [1.54, 1.807) is 26.7 Å². The molecule has 1 aromatic carbocycles. The van der Waals surface area contributed by atoms with Gasteiger partial charge in [-0.05, 0) is 98.1 Å². The standard InChI is InChI=1S/C13H19Br3O2P2/c1-8-9(6-19(2,3)17)11(14)13(16)12(15)10(8)7-20(4,5)18/h6-7H2,1-5H3. The van der Waals surface area contributed by atoms with Crippen molar-refractivity contribution >= 4 is 62.1 Å². The van der Waals surface area contributed by atoms with Crippen LogP contribution in [0.2, 0.25) is 0 Å². The normalized spacial score (nSPS) is 12.8. The smallest absolute Gasteiger partial charge is 0.0861 e. The Balaban J connectivity index is 3.55. The molecule has 0 atom stereocenters. The highest BCUT2D eigenvalue weighted by molar-refractivity contribution is 9.14. The number of benzene rings is 1. The highest BCUT2D eigenvalue weighted by Crippen LogP contribution is 2.50. The lowest BCUT2D eigenvalue weighted by Gasteiger charge is -2.20. The van der Waals surface area contributed by atoms with Gasteiger partial charge >= 0.3 is 0 Å². The molecule has 0 aliphatic rings. The summed E-state index contributed by atoms with van der Waals surface area (Å²) in [5.74, 6) is 0. The summed E-state index contributed by atoms with van der Waals surface area (Å²) in [6.07, 6.45) is 1.08. The number of hydrogen-bond acceptors (Lipinski definition) is 2. The number of hydrogen-bond donors (Lipinski definition) is 0. The Morgan fingerprint density at radius 2 is 1.05 bits per heavy atom. The van der Waals surface area contributed by atoms with Gasteiger partial charge in [-0.2, -0.15) is 0 Å². The Morgan fingerprint density at radius 3 is 1.30 bits per heavy atom. The minimum Gasteiger partial charge on any atom is -0.324 e. The predicted octanol–water partition coefficient (Wildman–Crippen LogP) is 6.53. The molecule has 0 aliphatic carbocycles. The molecule has 114 valence electrons. The van der Waals surface area contributed by atoms with E-state index in [4.69, 9.17) is 0 Å². The van der Waals surface area contributed by atoms with Gasteiger partial charge in [-0.15, -0.1) is 0 Å². The summed E-state index contributed by atoms with van der Waals surface area (Å²) in [6.45, 7) is 9.17. The predicted molar refractivity (Wildman–Crippen MR) is 101 cm³/mol. The molecule has 0 saturated carbocycles. The Bertz CT molecular complexity index is 578. The number of rotatable bonds is 4. The Morgan fingerprint density at radius 1 is 0.750 bits per heavy atom. The molecule has 0 amide bonds. The quantitative estimate of drug-likeness (QED) is 0.342. The third kappa shape index (κ3) is 5.09. The van der Waals surface area contributed by atoms with Gasteiger partial charge in [0.25, 0.3) is 0 Å². The van der Waals surface area contributed by atoms with Crippen molar-refractivity contribution in [1.29, 1.82) is 0 Å². The summed E-state index contributed by atoms with van der Waals surface area (Å²) in [4.78, 5) is 0. The van der Waals surface area contributed by atoms with E-state index in [0.717, 1.165) is 30.1 Å². The van der Waals surface area contributed by atoms with Crippen molar-refractivity contribution in [2.75, 3.05) is 26.7 Å². The second-order valence-corrected chi connectivity index (χ2v) is 15.3. The van der Waals surface area contributed by atoms with Crippen LogP contribution in [0, 0.1) is 6.92 Å². The van der Waals surface area contributed by atoms with Crippen LogP contribution in [0.1, 0.15) is 16.7 Å². The van der Waals surface area contributed by atoms with Crippen LogP contribution in [-0.4, -0.2) is 26.7 Å². The molecule has 20 heavy (non-hydrogen) atoms. The second kappa shape index (κ2) is 6.71. The molecule has 0 spiro atoms. The Kier molecular flexibility index (Phi) is 6.43. The van der Waals surface area contributed by atoms with Gasteiger partial charge in [0.05, 0.1) is 14.3 Å². The van der Waals surface area contributed by atoms with Crippen LogP contribution in [0.25, 0.3) is 0 Å². The highest BCUT2D eigenvalue weighted by atomic mass is 79.9. The molecule has 0 radical (unpaired) electrons. The van der Waals surface area contributed by atoms with E-state index in [9.17, 15) is 9.13 Å². The third-order valence-corrected chi connectivity index (χ3v) is 8.66. The van der Waals surface area contributed by atoms with Gasteiger partial charge in [-0.1, -0.05) is 0 Å². The molecule has 0 unspecified atom stereocenters. The lowest BCUT2D eigenvalue weighted by molar-refractivity contribution is 0.581. The maximum Gasteiger partial charge on any atom is 0.0861 e. The Hall–Kier alpha value is 1.12. The molecule has 0 aliphatic heterocycles. The summed E-state index contributed by atoms with van der Waals surface area (Å²) >= 11 is 10.7. The fourth-order valence-electron chi connectivity index (χ4n) is 2.01. The molecular formula is C13H19Br3O2P2. The molecule has 1 rings (SSSR count). The second-order valence-electron chi connectivity index (χ2n) is 5.99. The van der Waals surface area contributed by atoms with Crippen molar-refractivity contribution in [2.45, 2.75) is 19.2 Å². The van der Waals surface area contributed by atoms with Gasteiger partial charge in [0.15, 0.2) is 0 Å². The number of halogens is 3. The third-order valence-electron chi connectivity index (χ3n) is 2.90. The van der Waals surface area contributed by atoms with E-state index < -0.39 is 14.3 Å². The van der Waals surface area contributed by atoms with E-state index in [-0.39, 0.29) is 0 Å². The fourth-order valence-corrected chi connectivity index (χ4v) is 6.77. The van der Waals surface area contributed by atoms with Crippen LogP contribution in [0.5, 0.6) is 0 Å². The molecular weight excluding hydrogens is 490 g/mol. The van der Waals surface area contributed by atoms with Gasteiger partial charge in [0.2, 0.25) is 0 Å². The summed E-state index contributed by atoms with van der Waals surface area (Å²) < 4.78 is 27.1.